The van der Waals surface area contributed by atoms with Gasteiger partial charge in [0, 0.05) is 22.3 Å². The molecule has 120 valence electrons. The Morgan fingerprint density at radius 1 is 1.21 bits per heavy atom. The lowest BCUT2D eigenvalue weighted by Gasteiger charge is -2.18. The average Bonchev–Trinajstić information content (AvgIpc) is 2.90. The summed E-state index contributed by atoms with van der Waals surface area (Å²) in [5.41, 5.74) is 3.49. The quantitative estimate of drug-likeness (QED) is 0.678. The maximum atomic E-state index is 12.7. The van der Waals surface area contributed by atoms with E-state index in [1.807, 2.05) is 31.2 Å². The number of aromatic nitrogens is 1. The maximum Gasteiger partial charge on any atom is 0.262 e. The van der Waals surface area contributed by atoms with Gasteiger partial charge in [-0.1, -0.05) is 18.2 Å². The summed E-state index contributed by atoms with van der Waals surface area (Å²) in [5.74, 6) is 0.183. The number of carbonyl (C=O) groups excluding carboxylic acids is 2. The third kappa shape index (κ3) is 2.38. The van der Waals surface area contributed by atoms with E-state index < -0.39 is 0 Å². The van der Waals surface area contributed by atoms with E-state index in [0.717, 1.165) is 16.6 Å². The van der Waals surface area contributed by atoms with Crippen LogP contribution in [-0.4, -0.2) is 23.4 Å². The summed E-state index contributed by atoms with van der Waals surface area (Å²) >= 11 is 0. The number of fused-ring (bicyclic) bond motifs is 2. The largest absolute Gasteiger partial charge is 0.482 e. The van der Waals surface area contributed by atoms with E-state index in [0.29, 0.717) is 22.7 Å². The van der Waals surface area contributed by atoms with E-state index in [4.69, 9.17) is 4.74 Å². The van der Waals surface area contributed by atoms with Crippen molar-refractivity contribution in [2.24, 2.45) is 0 Å². The Bertz CT molecular complexity index is 975. The van der Waals surface area contributed by atoms with Crippen LogP contribution in [0.2, 0.25) is 0 Å². The van der Waals surface area contributed by atoms with Crippen LogP contribution in [0.15, 0.2) is 42.5 Å². The van der Waals surface area contributed by atoms with Gasteiger partial charge in [0.05, 0.1) is 11.3 Å². The van der Waals surface area contributed by atoms with Crippen molar-refractivity contribution in [2.45, 2.75) is 6.92 Å². The molecule has 0 unspecified atom stereocenters. The smallest absolute Gasteiger partial charge is 0.262 e. The second kappa shape index (κ2) is 5.42. The van der Waals surface area contributed by atoms with Crippen molar-refractivity contribution < 1.29 is 14.3 Å². The molecule has 2 amide bonds. The normalized spacial score (nSPS) is 13.1. The summed E-state index contributed by atoms with van der Waals surface area (Å²) < 4.78 is 5.31. The molecule has 0 fully saturated rings. The van der Waals surface area contributed by atoms with E-state index in [-0.39, 0.29) is 18.4 Å². The van der Waals surface area contributed by atoms with Gasteiger partial charge in [0.15, 0.2) is 6.61 Å². The Hall–Kier alpha value is -3.28. The van der Waals surface area contributed by atoms with Crippen molar-refractivity contribution in [1.29, 1.82) is 0 Å². The summed E-state index contributed by atoms with van der Waals surface area (Å²) in [6.45, 7) is 1.88. The van der Waals surface area contributed by atoms with Crippen LogP contribution in [0.1, 0.15) is 16.1 Å². The maximum absolute atomic E-state index is 12.7. The van der Waals surface area contributed by atoms with E-state index >= 15 is 0 Å². The third-order valence-electron chi connectivity index (χ3n) is 3.99. The molecule has 0 saturated heterocycles. The fourth-order valence-corrected chi connectivity index (χ4v) is 2.92. The van der Waals surface area contributed by atoms with E-state index in [1.165, 1.54) is 0 Å². The Kier molecular flexibility index (Phi) is 3.23. The van der Waals surface area contributed by atoms with Crippen molar-refractivity contribution in [3.8, 4) is 5.75 Å². The van der Waals surface area contributed by atoms with Crippen LogP contribution in [0, 0.1) is 6.92 Å². The molecule has 6 nitrogen and oxygen atoms in total. The topological polar surface area (TPSA) is 83.2 Å². The molecule has 1 aromatic heterocycles. The third-order valence-corrected chi connectivity index (χ3v) is 3.99. The minimum absolute atomic E-state index is 0.00718. The van der Waals surface area contributed by atoms with Gasteiger partial charge in [-0.05, 0) is 31.2 Å². The lowest BCUT2D eigenvalue weighted by Crippen LogP contribution is -2.25. The molecule has 2 aromatic carbocycles. The molecule has 1 aliphatic heterocycles. The lowest BCUT2D eigenvalue weighted by atomic mass is 10.1. The number of para-hydroxylation sites is 1. The summed E-state index contributed by atoms with van der Waals surface area (Å²) in [5, 5.41) is 6.48. The highest BCUT2D eigenvalue weighted by Gasteiger charge is 2.19. The first kappa shape index (κ1) is 14.3. The number of H-pyrrole nitrogens is 1. The van der Waals surface area contributed by atoms with Gasteiger partial charge in [0.25, 0.3) is 11.8 Å². The van der Waals surface area contributed by atoms with Gasteiger partial charge < -0.3 is 20.4 Å². The summed E-state index contributed by atoms with van der Waals surface area (Å²) in [6, 6.07) is 12.8. The van der Waals surface area contributed by atoms with Crippen molar-refractivity contribution >= 4 is 34.1 Å². The molecular weight excluding hydrogens is 306 g/mol. The highest BCUT2D eigenvalue weighted by molar-refractivity contribution is 6.14. The van der Waals surface area contributed by atoms with Crippen molar-refractivity contribution in [3.63, 3.8) is 0 Å². The van der Waals surface area contributed by atoms with Gasteiger partial charge in [-0.3, -0.25) is 9.59 Å². The molecule has 0 aliphatic carbocycles. The first-order valence-corrected chi connectivity index (χ1v) is 7.57. The van der Waals surface area contributed by atoms with Crippen LogP contribution in [0.4, 0.5) is 11.4 Å². The number of nitrogens with one attached hydrogen (secondary N) is 3. The van der Waals surface area contributed by atoms with E-state index in [9.17, 15) is 9.59 Å². The second-order valence-corrected chi connectivity index (χ2v) is 5.67. The standard InChI is InChI=1S/C18H15N3O3/c1-10-17(12-4-2-3-5-13(12)19-10)18(23)20-11-6-7-15-14(8-11)21-16(22)9-24-15/h2-8,19H,9H2,1H3,(H,20,23)(H,21,22). The zero-order valence-corrected chi connectivity index (χ0v) is 13.0. The zero-order chi connectivity index (χ0) is 16.7. The fourth-order valence-electron chi connectivity index (χ4n) is 2.92. The van der Waals surface area contributed by atoms with Crippen LogP contribution in [0.25, 0.3) is 10.9 Å². The van der Waals surface area contributed by atoms with Crippen LogP contribution in [0.3, 0.4) is 0 Å². The molecular formula is C18H15N3O3. The predicted octanol–water partition coefficient (Wildman–Crippen LogP) is 3.06. The molecule has 0 atom stereocenters. The highest BCUT2D eigenvalue weighted by Crippen LogP contribution is 2.31. The van der Waals surface area contributed by atoms with E-state index in [2.05, 4.69) is 15.6 Å². The molecule has 3 N–H and O–H groups in total. The SMILES string of the molecule is Cc1[nH]c2ccccc2c1C(=O)Nc1ccc2c(c1)NC(=O)CO2. The molecule has 0 spiro atoms. The lowest BCUT2D eigenvalue weighted by molar-refractivity contribution is -0.118. The second-order valence-electron chi connectivity index (χ2n) is 5.67. The molecule has 2 heterocycles. The molecule has 0 radical (unpaired) electrons. The number of anilines is 2. The summed E-state index contributed by atoms with van der Waals surface area (Å²) in [6.07, 6.45) is 0. The number of hydrogen-bond acceptors (Lipinski definition) is 3. The van der Waals surface area contributed by atoms with Gasteiger partial charge in [-0.25, -0.2) is 0 Å². The van der Waals surface area contributed by atoms with Crippen LogP contribution in [0.5, 0.6) is 5.75 Å². The average molecular weight is 321 g/mol. The van der Waals surface area contributed by atoms with Crippen LogP contribution in [-0.2, 0) is 4.79 Å². The Labute approximate surface area is 137 Å². The number of carbonyl (C=O) groups is 2. The van der Waals surface area contributed by atoms with Crippen LogP contribution < -0.4 is 15.4 Å². The molecule has 1 aliphatic rings. The number of aromatic amines is 1. The Morgan fingerprint density at radius 2 is 2.04 bits per heavy atom. The minimum Gasteiger partial charge on any atom is -0.482 e. The molecule has 24 heavy (non-hydrogen) atoms. The van der Waals surface area contributed by atoms with E-state index in [1.54, 1.807) is 18.2 Å². The van der Waals surface area contributed by atoms with Gasteiger partial charge in [0.2, 0.25) is 0 Å². The number of hydrogen-bond donors (Lipinski definition) is 3. The molecule has 4 rings (SSSR count). The summed E-state index contributed by atoms with van der Waals surface area (Å²) in [7, 11) is 0. The Morgan fingerprint density at radius 3 is 2.92 bits per heavy atom. The van der Waals surface area contributed by atoms with Gasteiger partial charge >= 0.3 is 0 Å². The van der Waals surface area contributed by atoms with Crippen LogP contribution >= 0.6 is 0 Å². The van der Waals surface area contributed by atoms with Gasteiger partial charge in [-0.15, -0.1) is 0 Å². The predicted molar refractivity (Wildman–Crippen MR) is 91.6 cm³/mol. The fraction of sp³-hybridized carbons (Fsp3) is 0.111. The monoisotopic (exact) mass is 321 g/mol. The van der Waals surface area contributed by atoms with Gasteiger partial charge in [-0.2, -0.15) is 0 Å². The number of amides is 2. The molecule has 0 bridgehead atoms. The van der Waals surface area contributed by atoms with Crippen molar-refractivity contribution in [3.05, 3.63) is 53.7 Å². The van der Waals surface area contributed by atoms with Gasteiger partial charge in [0.1, 0.15) is 5.75 Å². The number of benzene rings is 2. The number of aryl methyl sites for hydroxylation is 1. The molecule has 0 saturated carbocycles. The minimum atomic E-state index is -0.210. The molecule has 6 heteroatoms. The zero-order valence-electron chi connectivity index (χ0n) is 13.0. The number of ether oxygens (including phenoxy) is 1. The Balaban J connectivity index is 1.65. The number of rotatable bonds is 2. The summed E-state index contributed by atoms with van der Waals surface area (Å²) in [4.78, 5) is 27.3. The van der Waals surface area contributed by atoms with Crippen molar-refractivity contribution in [1.82, 2.24) is 4.98 Å². The highest BCUT2D eigenvalue weighted by atomic mass is 16.5. The first-order chi connectivity index (χ1) is 11.6. The first-order valence-electron chi connectivity index (χ1n) is 7.57. The molecule has 3 aromatic rings. The van der Waals surface area contributed by atoms with Crippen molar-refractivity contribution in [2.75, 3.05) is 17.2 Å².